The van der Waals surface area contributed by atoms with Crippen molar-refractivity contribution in [2.45, 2.75) is 44.3 Å². The number of hydrogen-bond acceptors (Lipinski definition) is 3. The van der Waals surface area contributed by atoms with Crippen molar-refractivity contribution >= 4 is 30.4 Å². The van der Waals surface area contributed by atoms with E-state index in [1.165, 1.54) is 21.5 Å². The van der Waals surface area contributed by atoms with E-state index < -0.39 is 26.0 Å². The molecule has 6 heteroatoms. The Morgan fingerprint density at radius 3 is 2.13 bits per heavy atom. The van der Waals surface area contributed by atoms with Crippen LogP contribution in [0, 0.1) is 0 Å². The number of carboxylic acids is 1. The lowest BCUT2D eigenvalue weighted by molar-refractivity contribution is -0.139. The Hall–Kier alpha value is -2.75. The van der Waals surface area contributed by atoms with Crippen LogP contribution < -0.4 is 21.2 Å². The zero-order valence-corrected chi connectivity index (χ0v) is 18.4. The van der Waals surface area contributed by atoms with Crippen LogP contribution >= 0.6 is 7.92 Å². The number of carbonyl (C=O) groups excluding carboxylic acids is 1. The second-order valence-corrected chi connectivity index (χ2v) is 10.1. The van der Waals surface area contributed by atoms with E-state index in [1.807, 2.05) is 19.1 Å². The van der Waals surface area contributed by atoms with Gasteiger partial charge in [0.15, 0.2) is 0 Å². The number of benzene rings is 2. The van der Waals surface area contributed by atoms with Crippen molar-refractivity contribution in [3.8, 4) is 0 Å². The third kappa shape index (κ3) is 4.79. The zero-order chi connectivity index (χ0) is 21.8. The molecule has 160 valence electrons. The van der Waals surface area contributed by atoms with E-state index >= 15 is 0 Å². The van der Waals surface area contributed by atoms with Crippen molar-refractivity contribution in [3.05, 3.63) is 83.7 Å². The number of carboxylic acid groups (broad SMARTS) is 1. The summed E-state index contributed by atoms with van der Waals surface area (Å²) in [6, 6.07) is 19.8. The van der Waals surface area contributed by atoms with Crippen molar-refractivity contribution in [2.24, 2.45) is 0 Å². The summed E-state index contributed by atoms with van der Waals surface area (Å²) < 4.78 is 0. The third-order valence-electron chi connectivity index (χ3n) is 5.85. The lowest BCUT2D eigenvalue weighted by Crippen LogP contribution is -2.47. The minimum atomic E-state index is -0.898. The lowest BCUT2D eigenvalue weighted by Gasteiger charge is -2.25. The monoisotopic (exact) mass is 434 g/mol. The van der Waals surface area contributed by atoms with Gasteiger partial charge in [-0.1, -0.05) is 72.8 Å². The van der Waals surface area contributed by atoms with E-state index in [0.29, 0.717) is 12.8 Å². The predicted octanol–water partition coefficient (Wildman–Crippen LogP) is 3.04. The molecule has 0 bridgehead atoms. The lowest BCUT2D eigenvalue weighted by atomic mass is 10.1. The molecule has 2 aromatic carbocycles. The maximum Gasteiger partial charge on any atom is 0.320 e. The van der Waals surface area contributed by atoms with Crippen LogP contribution in [0.3, 0.4) is 0 Å². The summed E-state index contributed by atoms with van der Waals surface area (Å²) in [5.74, 6) is -1.02. The number of hydrogen-bond donors (Lipinski definition) is 3. The molecular formula is C25H27N2O3P. The highest BCUT2D eigenvalue weighted by atomic mass is 31.1. The van der Waals surface area contributed by atoms with Gasteiger partial charge in [-0.15, -0.1) is 0 Å². The van der Waals surface area contributed by atoms with Gasteiger partial charge < -0.3 is 10.4 Å². The molecule has 0 unspecified atom stereocenters. The van der Waals surface area contributed by atoms with Crippen molar-refractivity contribution < 1.29 is 14.7 Å². The van der Waals surface area contributed by atoms with E-state index in [9.17, 15) is 14.7 Å². The van der Waals surface area contributed by atoms with Crippen LogP contribution in [0.5, 0.6) is 0 Å². The van der Waals surface area contributed by atoms with Gasteiger partial charge in [0, 0.05) is 6.04 Å². The molecule has 1 amide bonds. The quantitative estimate of drug-likeness (QED) is 0.586. The van der Waals surface area contributed by atoms with Crippen LogP contribution in [-0.2, 0) is 9.59 Å². The molecule has 1 saturated heterocycles. The molecular weight excluding hydrogens is 407 g/mol. The summed E-state index contributed by atoms with van der Waals surface area (Å²) in [6.07, 6.45) is 6.21. The Labute approximate surface area is 184 Å². The minimum absolute atomic E-state index is 0.124. The number of rotatable bonds is 7. The van der Waals surface area contributed by atoms with E-state index in [0.717, 1.165) is 6.42 Å². The number of aliphatic carboxylic acids is 1. The van der Waals surface area contributed by atoms with E-state index in [4.69, 9.17) is 0 Å². The first-order valence-electron chi connectivity index (χ1n) is 10.6. The third-order valence-corrected chi connectivity index (χ3v) is 8.40. The van der Waals surface area contributed by atoms with Gasteiger partial charge in [-0.25, -0.2) is 0 Å². The predicted molar refractivity (Wildman–Crippen MR) is 125 cm³/mol. The van der Waals surface area contributed by atoms with Crippen LogP contribution in [0.2, 0.25) is 0 Å². The number of nitrogens with one attached hydrogen (secondary N) is 2. The molecule has 4 rings (SSSR count). The standard InChI is InChI=1S/C25H27N2O3P/c1-17(26-24(28)21-15-16-22(27-21)25(29)30)20-13-8-14-23(20)31(18-9-4-2-5-10-18)19-11-6-3-7-12-19/h2-12,14,17,21-22,27H,13,15-16H2,1H3,(H,26,28)(H,29,30)/t17-,21-,22-/m1/s1. The van der Waals surface area contributed by atoms with Crippen LogP contribution in [0.4, 0.5) is 0 Å². The Bertz CT molecular complexity index is 964. The number of carbonyl (C=O) groups is 2. The molecule has 0 saturated carbocycles. The van der Waals surface area contributed by atoms with Crippen LogP contribution in [0.1, 0.15) is 26.2 Å². The molecule has 0 aromatic heterocycles. The summed E-state index contributed by atoms with van der Waals surface area (Å²) in [5, 5.41) is 19.1. The van der Waals surface area contributed by atoms with Crippen LogP contribution in [0.25, 0.3) is 0 Å². The first-order chi connectivity index (χ1) is 15.0. The zero-order valence-electron chi connectivity index (χ0n) is 17.5. The molecule has 1 aliphatic carbocycles. The molecule has 1 aliphatic heterocycles. The van der Waals surface area contributed by atoms with Crippen LogP contribution in [0.15, 0.2) is 83.7 Å². The average Bonchev–Trinajstić information content (AvgIpc) is 3.46. The van der Waals surface area contributed by atoms with Gasteiger partial charge in [0.2, 0.25) is 5.91 Å². The maximum absolute atomic E-state index is 12.8. The van der Waals surface area contributed by atoms with Gasteiger partial charge >= 0.3 is 5.97 Å². The van der Waals surface area contributed by atoms with Crippen molar-refractivity contribution in [3.63, 3.8) is 0 Å². The van der Waals surface area contributed by atoms with Crippen molar-refractivity contribution in [2.75, 3.05) is 0 Å². The highest BCUT2D eigenvalue weighted by Crippen LogP contribution is 2.48. The van der Waals surface area contributed by atoms with Crippen LogP contribution in [-0.4, -0.2) is 35.1 Å². The summed E-state index contributed by atoms with van der Waals surface area (Å²) in [7, 11) is -0.727. The van der Waals surface area contributed by atoms with Crippen molar-refractivity contribution in [1.29, 1.82) is 0 Å². The molecule has 1 fully saturated rings. The second-order valence-electron chi connectivity index (χ2n) is 7.94. The molecule has 31 heavy (non-hydrogen) atoms. The largest absolute Gasteiger partial charge is 0.480 e. The first kappa shape index (κ1) is 21.5. The molecule has 0 radical (unpaired) electrons. The van der Waals surface area contributed by atoms with Gasteiger partial charge in [-0.05, 0) is 55.6 Å². The number of allylic oxidation sites excluding steroid dienone is 3. The molecule has 0 spiro atoms. The van der Waals surface area contributed by atoms with Gasteiger partial charge in [0.05, 0.1) is 6.04 Å². The van der Waals surface area contributed by atoms with Gasteiger partial charge in [0.25, 0.3) is 0 Å². The molecule has 3 atom stereocenters. The smallest absolute Gasteiger partial charge is 0.320 e. The first-order valence-corrected chi connectivity index (χ1v) is 12.0. The minimum Gasteiger partial charge on any atom is -0.480 e. The van der Waals surface area contributed by atoms with E-state index in [2.05, 4.69) is 71.3 Å². The maximum atomic E-state index is 12.8. The fourth-order valence-electron chi connectivity index (χ4n) is 4.25. The average molecular weight is 434 g/mol. The van der Waals surface area contributed by atoms with E-state index in [-0.39, 0.29) is 11.9 Å². The van der Waals surface area contributed by atoms with E-state index in [1.54, 1.807) is 0 Å². The number of amides is 1. The molecule has 1 heterocycles. The van der Waals surface area contributed by atoms with Gasteiger partial charge in [-0.2, -0.15) is 0 Å². The van der Waals surface area contributed by atoms with Gasteiger partial charge in [0.1, 0.15) is 6.04 Å². The molecule has 2 aromatic rings. The topological polar surface area (TPSA) is 78.4 Å². The second kappa shape index (κ2) is 9.59. The summed E-state index contributed by atoms with van der Waals surface area (Å²) in [5.41, 5.74) is 1.22. The fourth-order valence-corrected chi connectivity index (χ4v) is 6.87. The highest BCUT2D eigenvalue weighted by molar-refractivity contribution is 7.77. The Morgan fingerprint density at radius 1 is 1.00 bits per heavy atom. The molecule has 3 N–H and O–H groups in total. The summed E-state index contributed by atoms with van der Waals surface area (Å²) >= 11 is 0. The molecule has 2 aliphatic rings. The normalized spacial score (nSPS) is 21.5. The molecule has 5 nitrogen and oxygen atoms in total. The Balaban J connectivity index is 1.58. The fraction of sp³-hybridized carbons (Fsp3) is 0.280. The summed E-state index contributed by atoms with van der Waals surface area (Å²) in [6.45, 7) is 2.02. The van der Waals surface area contributed by atoms with Gasteiger partial charge in [-0.3, -0.25) is 14.9 Å². The van der Waals surface area contributed by atoms with Crippen molar-refractivity contribution in [1.82, 2.24) is 10.6 Å². The summed E-state index contributed by atoms with van der Waals surface area (Å²) in [4.78, 5) is 24.0. The Morgan fingerprint density at radius 2 is 1.58 bits per heavy atom. The SMILES string of the molecule is C[C@@H](NC(=O)[C@H]1CC[C@H](C(=O)O)N1)C1=C(P(c2ccccc2)c2ccccc2)C=CC1. The highest BCUT2D eigenvalue weighted by Gasteiger charge is 2.34. The Kier molecular flexibility index (Phi) is 6.64.